The molecule has 0 aliphatic carbocycles. The van der Waals surface area contributed by atoms with E-state index >= 15 is 0 Å². The zero-order valence-electron chi connectivity index (χ0n) is 16.9. The standard InChI is InChI=1S/C22H20FN5O2S/c1-27-18(13-17(26-27)14-4-6-16(23)7-5-14)22(29)28-10-8-15(9-11-28)20-24-25-21(31-20)19-3-2-12-30-19/h2-7,12-13,15H,8-11H2,1H3. The van der Waals surface area contributed by atoms with E-state index in [0.717, 1.165) is 34.2 Å². The Hall–Kier alpha value is -3.33. The number of aryl methyl sites for hydroxylation is 1. The van der Waals surface area contributed by atoms with Crippen molar-refractivity contribution >= 4 is 17.2 Å². The van der Waals surface area contributed by atoms with Gasteiger partial charge in [-0.25, -0.2) is 4.39 Å². The maximum atomic E-state index is 13.2. The number of amides is 1. The smallest absolute Gasteiger partial charge is 0.272 e. The number of piperidine rings is 1. The van der Waals surface area contributed by atoms with Crippen LogP contribution in [-0.4, -0.2) is 43.9 Å². The molecule has 31 heavy (non-hydrogen) atoms. The summed E-state index contributed by atoms with van der Waals surface area (Å²) in [5.41, 5.74) is 1.95. The number of likely N-dealkylation sites (tertiary alicyclic amines) is 1. The molecule has 1 aliphatic heterocycles. The normalized spacial score (nSPS) is 14.8. The van der Waals surface area contributed by atoms with Crippen molar-refractivity contribution in [1.82, 2.24) is 24.9 Å². The third kappa shape index (κ3) is 3.88. The topological polar surface area (TPSA) is 77.1 Å². The molecule has 158 valence electrons. The van der Waals surface area contributed by atoms with E-state index in [0.29, 0.717) is 24.5 Å². The molecular formula is C22H20FN5O2S. The number of carbonyl (C=O) groups excluding carboxylic acids is 1. The van der Waals surface area contributed by atoms with E-state index in [4.69, 9.17) is 4.42 Å². The summed E-state index contributed by atoms with van der Waals surface area (Å²) in [5.74, 6) is 0.664. The average Bonchev–Trinajstić information content (AvgIpc) is 3.54. The fraction of sp³-hybridized carbons (Fsp3) is 0.273. The Bertz CT molecular complexity index is 1190. The van der Waals surface area contributed by atoms with Gasteiger partial charge in [0.1, 0.15) is 16.5 Å². The second-order valence-corrected chi connectivity index (χ2v) is 8.54. The van der Waals surface area contributed by atoms with Crippen LogP contribution in [0, 0.1) is 5.82 Å². The molecule has 0 atom stereocenters. The number of hydrogen-bond acceptors (Lipinski definition) is 6. The highest BCUT2D eigenvalue weighted by Crippen LogP contribution is 2.34. The summed E-state index contributed by atoms with van der Waals surface area (Å²) in [7, 11) is 1.75. The molecule has 1 fully saturated rings. The van der Waals surface area contributed by atoms with Crippen LogP contribution in [0.5, 0.6) is 0 Å². The SMILES string of the molecule is Cn1nc(-c2ccc(F)cc2)cc1C(=O)N1CCC(c2nnc(-c3ccco3)s2)CC1. The Morgan fingerprint density at radius 3 is 2.65 bits per heavy atom. The number of furan rings is 1. The lowest BCUT2D eigenvalue weighted by Gasteiger charge is -2.30. The molecule has 4 heterocycles. The van der Waals surface area contributed by atoms with Gasteiger partial charge >= 0.3 is 0 Å². The predicted molar refractivity (Wildman–Crippen MR) is 114 cm³/mol. The fourth-order valence-electron chi connectivity index (χ4n) is 3.82. The maximum absolute atomic E-state index is 13.2. The minimum absolute atomic E-state index is 0.0460. The number of carbonyl (C=O) groups is 1. The molecule has 3 aromatic heterocycles. The van der Waals surface area contributed by atoms with E-state index in [-0.39, 0.29) is 17.6 Å². The first-order valence-electron chi connectivity index (χ1n) is 10.0. The van der Waals surface area contributed by atoms with Crippen LogP contribution in [0.15, 0.2) is 53.1 Å². The lowest BCUT2D eigenvalue weighted by molar-refractivity contribution is 0.0701. The Morgan fingerprint density at radius 1 is 1.16 bits per heavy atom. The minimum atomic E-state index is -0.300. The summed E-state index contributed by atoms with van der Waals surface area (Å²) < 4.78 is 20.2. The van der Waals surface area contributed by atoms with Gasteiger partial charge in [0.05, 0.1) is 12.0 Å². The number of aromatic nitrogens is 4. The quantitative estimate of drug-likeness (QED) is 0.474. The Morgan fingerprint density at radius 2 is 1.94 bits per heavy atom. The third-order valence-electron chi connectivity index (χ3n) is 5.54. The highest BCUT2D eigenvalue weighted by Gasteiger charge is 2.28. The van der Waals surface area contributed by atoms with E-state index in [2.05, 4.69) is 15.3 Å². The average molecular weight is 438 g/mol. The first kappa shape index (κ1) is 19.6. The fourth-order valence-corrected chi connectivity index (χ4v) is 4.80. The molecule has 1 aliphatic rings. The number of rotatable bonds is 4. The zero-order chi connectivity index (χ0) is 21.4. The van der Waals surface area contributed by atoms with Crippen molar-refractivity contribution in [2.75, 3.05) is 13.1 Å². The maximum Gasteiger partial charge on any atom is 0.272 e. The lowest BCUT2D eigenvalue weighted by atomic mass is 9.97. The van der Waals surface area contributed by atoms with Gasteiger partial charge in [0.25, 0.3) is 5.91 Å². The van der Waals surface area contributed by atoms with Gasteiger partial charge in [-0.2, -0.15) is 5.10 Å². The number of nitrogens with zero attached hydrogens (tertiary/aromatic N) is 5. The van der Waals surface area contributed by atoms with Crippen LogP contribution in [0.2, 0.25) is 0 Å². The Kier molecular flexibility index (Phi) is 5.11. The van der Waals surface area contributed by atoms with Gasteiger partial charge in [-0.1, -0.05) is 11.3 Å². The molecule has 1 amide bonds. The Labute approximate surface area is 182 Å². The summed E-state index contributed by atoms with van der Waals surface area (Å²) >= 11 is 1.55. The van der Waals surface area contributed by atoms with Gasteiger partial charge < -0.3 is 9.32 Å². The molecule has 4 aromatic rings. The highest BCUT2D eigenvalue weighted by molar-refractivity contribution is 7.14. The molecule has 1 saturated heterocycles. The van der Waals surface area contributed by atoms with Crippen molar-refractivity contribution in [3.05, 3.63) is 65.2 Å². The minimum Gasteiger partial charge on any atom is -0.462 e. The Balaban J connectivity index is 1.26. The van der Waals surface area contributed by atoms with Crippen molar-refractivity contribution in [3.8, 4) is 22.0 Å². The molecule has 0 bridgehead atoms. The summed E-state index contributed by atoms with van der Waals surface area (Å²) in [5, 5.41) is 14.8. The van der Waals surface area contributed by atoms with Crippen LogP contribution in [0.1, 0.15) is 34.3 Å². The molecule has 7 nitrogen and oxygen atoms in total. The number of halogens is 1. The number of hydrogen-bond donors (Lipinski definition) is 0. The van der Waals surface area contributed by atoms with E-state index in [9.17, 15) is 9.18 Å². The monoisotopic (exact) mass is 437 g/mol. The molecule has 9 heteroatoms. The van der Waals surface area contributed by atoms with E-state index in [1.165, 1.54) is 12.1 Å². The molecule has 5 rings (SSSR count). The summed E-state index contributed by atoms with van der Waals surface area (Å²) in [6.45, 7) is 1.30. The predicted octanol–water partition coefficient (Wildman–Crippen LogP) is 4.36. The van der Waals surface area contributed by atoms with Gasteiger partial charge in [0, 0.05) is 31.6 Å². The molecular weight excluding hydrogens is 417 g/mol. The summed E-state index contributed by atoms with van der Waals surface area (Å²) in [6.07, 6.45) is 3.29. The van der Waals surface area contributed by atoms with Gasteiger partial charge in [0.15, 0.2) is 10.8 Å². The van der Waals surface area contributed by atoms with Crippen LogP contribution in [0.3, 0.4) is 0 Å². The van der Waals surface area contributed by atoms with Crippen LogP contribution >= 0.6 is 11.3 Å². The number of benzene rings is 1. The largest absolute Gasteiger partial charge is 0.462 e. The van der Waals surface area contributed by atoms with Crippen LogP contribution < -0.4 is 0 Å². The van der Waals surface area contributed by atoms with Crippen molar-refractivity contribution in [3.63, 3.8) is 0 Å². The van der Waals surface area contributed by atoms with Gasteiger partial charge in [-0.3, -0.25) is 9.48 Å². The van der Waals surface area contributed by atoms with Crippen molar-refractivity contribution < 1.29 is 13.6 Å². The van der Waals surface area contributed by atoms with E-state index in [1.807, 2.05) is 17.0 Å². The van der Waals surface area contributed by atoms with Gasteiger partial charge in [-0.05, 0) is 55.3 Å². The van der Waals surface area contributed by atoms with Crippen LogP contribution in [0.4, 0.5) is 4.39 Å². The van der Waals surface area contributed by atoms with E-state index in [1.54, 1.807) is 47.5 Å². The summed E-state index contributed by atoms with van der Waals surface area (Å²) in [4.78, 5) is 14.9. The third-order valence-corrected chi connectivity index (χ3v) is 6.64. The second kappa shape index (κ2) is 8.07. The van der Waals surface area contributed by atoms with Gasteiger partial charge in [0.2, 0.25) is 0 Å². The van der Waals surface area contributed by atoms with Crippen molar-refractivity contribution in [1.29, 1.82) is 0 Å². The molecule has 0 spiro atoms. The second-order valence-electron chi connectivity index (χ2n) is 7.53. The molecule has 0 radical (unpaired) electrons. The van der Waals surface area contributed by atoms with Crippen LogP contribution in [0.25, 0.3) is 22.0 Å². The van der Waals surface area contributed by atoms with Gasteiger partial charge in [-0.15, -0.1) is 10.2 Å². The molecule has 0 saturated carbocycles. The molecule has 0 N–H and O–H groups in total. The highest BCUT2D eigenvalue weighted by atomic mass is 32.1. The summed E-state index contributed by atoms with van der Waals surface area (Å²) in [6, 6.07) is 11.6. The molecule has 0 unspecified atom stereocenters. The van der Waals surface area contributed by atoms with Crippen molar-refractivity contribution in [2.24, 2.45) is 7.05 Å². The van der Waals surface area contributed by atoms with Crippen molar-refractivity contribution in [2.45, 2.75) is 18.8 Å². The first-order valence-corrected chi connectivity index (χ1v) is 10.9. The molecule has 1 aromatic carbocycles. The van der Waals surface area contributed by atoms with Crippen LogP contribution in [-0.2, 0) is 7.05 Å². The van der Waals surface area contributed by atoms with E-state index < -0.39 is 0 Å². The first-order chi connectivity index (χ1) is 15.1. The lowest BCUT2D eigenvalue weighted by Crippen LogP contribution is -2.38. The zero-order valence-corrected chi connectivity index (χ0v) is 17.7.